The van der Waals surface area contributed by atoms with Gasteiger partial charge in [-0.2, -0.15) is 0 Å². The van der Waals surface area contributed by atoms with E-state index in [1.54, 1.807) is 6.07 Å². The second-order valence-corrected chi connectivity index (χ2v) is 4.10. The number of carboxylic acid groups (broad SMARTS) is 1. The maximum absolute atomic E-state index is 11.2. The number of carboxylic acids is 1. The van der Waals surface area contributed by atoms with Gasteiger partial charge in [0.2, 0.25) is 0 Å². The molecule has 0 amide bonds. The molecule has 2 aromatic rings. The van der Waals surface area contributed by atoms with Crippen LogP contribution in [-0.4, -0.2) is 16.1 Å². The van der Waals surface area contributed by atoms with Crippen molar-refractivity contribution in [3.63, 3.8) is 0 Å². The predicted molar refractivity (Wildman–Crippen MR) is 64.1 cm³/mol. The number of fused-ring (bicyclic) bond motifs is 1. The molecular formula is C13H15NO2. The lowest BCUT2D eigenvalue weighted by Gasteiger charge is -2.02. The number of benzene rings is 1. The summed E-state index contributed by atoms with van der Waals surface area (Å²) >= 11 is 0. The number of nitrogens with one attached hydrogen (secondary N) is 1. The van der Waals surface area contributed by atoms with E-state index >= 15 is 0 Å². The van der Waals surface area contributed by atoms with Gasteiger partial charge in [-0.15, -0.1) is 0 Å². The molecule has 16 heavy (non-hydrogen) atoms. The molecule has 0 saturated heterocycles. The van der Waals surface area contributed by atoms with Crippen LogP contribution >= 0.6 is 0 Å². The van der Waals surface area contributed by atoms with Gasteiger partial charge in [0.05, 0.1) is 11.1 Å². The molecule has 1 aromatic carbocycles. The Morgan fingerprint density at radius 1 is 1.38 bits per heavy atom. The van der Waals surface area contributed by atoms with Gasteiger partial charge in [-0.05, 0) is 43.5 Å². The van der Waals surface area contributed by atoms with Crippen molar-refractivity contribution < 1.29 is 9.90 Å². The Morgan fingerprint density at radius 2 is 2.06 bits per heavy atom. The molecule has 0 unspecified atom stereocenters. The summed E-state index contributed by atoms with van der Waals surface area (Å²) in [5.41, 5.74) is 4.33. The van der Waals surface area contributed by atoms with E-state index in [4.69, 9.17) is 0 Å². The smallest absolute Gasteiger partial charge is 0.337 e. The average Bonchev–Trinajstić information content (AvgIpc) is 2.54. The summed E-state index contributed by atoms with van der Waals surface area (Å²) in [6, 6.07) is 3.82. The zero-order valence-corrected chi connectivity index (χ0v) is 9.72. The standard InChI is InChI=1S/C13H15NO2/c1-4-9-5-10-7(2)8(3)14-12(10)11(6-9)13(15)16/h5-6,14H,4H2,1-3H3,(H,15,16). The molecule has 3 heteroatoms. The number of carbonyl (C=O) groups is 1. The molecular weight excluding hydrogens is 202 g/mol. The molecule has 0 aliphatic carbocycles. The van der Waals surface area contributed by atoms with Crippen molar-refractivity contribution in [1.29, 1.82) is 0 Å². The zero-order valence-electron chi connectivity index (χ0n) is 9.72. The van der Waals surface area contributed by atoms with E-state index in [0.717, 1.165) is 34.1 Å². The molecule has 0 fully saturated rings. The highest BCUT2D eigenvalue weighted by molar-refractivity contribution is 6.03. The van der Waals surface area contributed by atoms with Crippen LogP contribution in [0.1, 0.15) is 34.1 Å². The van der Waals surface area contributed by atoms with E-state index in [2.05, 4.69) is 11.1 Å². The van der Waals surface area contributed by atoms with E-state index in [0.29, 0.717) is 5.56 Å². The van der Waals surface area contributed by atoms with Gasteiger partial charge in [0.1, 0.15) is 0 Å². The van der Waals surface area contributed by atoms with Crippen molar-refractivity contribution in [2.24, 2.45) is 0 Å². The number of rotatable bonds is 2. The van der Waals surface area contributed by atoms with Gasteiger partial charge in [0.15, 0.2) is 0 Å². The third-order valence-corrected chi connectivity index (χ3v) is 3.12. The molecule has 0 aliphatic heterocycles. The van der Waals surface area contributed by atoms with Gasteiger partial charge < -0.3 is 10.1 Å². The van der Waals surface area contributed by atoms with Gasteiger partial charge in [0.25, 0.3) is 0 Å². The monoisotopic (exact) mass is 217 g/mol. The SMILES string of the molecule is CCc1cc(C(=O)O)c2[nH]c(C)c(C)c2c1. The van der Waals surface area contributed by atoms with E-state index in [1.807, 2.05) is 20.8 Å². The third kappa shape index (κ3) is 1.48. The number of aromatic amines is 1. The minimum Gasteiger partial charge on any atom is -0.478 e. The summed E-state index contributed by atoms with van der Waals surface area (Å²) in [7, 11) is 0. The second kappa shape index (κ2) is 3.67. The van der Waals surface area contributed by atoms with Crippen LogP contribution < -0.4 is 0 Å². The maximum atomic E-state index is 11.2. The van der Waals surface area contributed by atoms with Crippen molar-refractivity contribution in [3.8, 4) is 0 Å². The molecule has 0 radical (unpaired) electrons. The van der Waals surface area contributed by atoms with Gasteiger partial charge >= 0.3 is 5.97 Å². The van der Waals surface area contributed by atoms with E-state index in [9.17, 15) is 9.90 Å². The Bertz CT molecular complexity index is 567. The van der Waals surface area contributed by atoms with Gasteiger partial charge in [-0.1, -0.05) is 6.92 Å². The van der Waals surface area contributed by atoms with Crippen LogP contribution in [0.3, 0.4) is 0 Å². The summed E-state index contributed by atoms with van der Waals surface area (Å²) in [5.74, 6) is -0.874. The van der Waals surface area contributed by atoms with Crippen molar-refractivity contribution in [3.05, 3.63) is 34.5 Å². The minimum absolute atomic E-state index is 0.366. The molecule has 0 atom stereocenters. The number of hydrogen-bond acceptors (Lipinski definition) is 1. The fourth-order valence-corrected chi connectivity index (χ4v) is 1.99. The summed E-state index contributed by atoms with van der Waals surface area (Å²) in [6.45, 7) is 6.01. The Morgan fingerprint density at radius 3 is 2.62 bits per heavy atom. The van der Waals surface area contributed by atoms with Crippen LogP contribution in [0.25, 0.3) is 10.9 Å². The van der Waals surface area contributed by atoms with Crippen LogP contribution in [0.4, 0.5) is 0 Å². The average molecular weight is 217 g/mol. The van der Waals surface area contributed by atoms with Crippen LogP contribution in [-0.2, 0) is 6.42 Å². The van der Waals surface area contributed by atoms with Crippen molar-refractivity contribution in [2.45, 2.75) is 27.2 Å². The number of H-pyrrole nitrogens is 1. The number of hydrogen-bond donors (Lipinski definition) is 2. The normalized spacial score (nSPS) is 10.9. The van der Waals surface area contributed by atoms with E-state index in [1.165, 1.54) is 0 Å². The Balaban J connectivity index is 2.87. The summed E-state index contributed by atoms with van der Waals surface area (Å²) < 4.78 is 0. The zero-order chi connectivity index (χ0) is 11.9. The van der Waals surface area contributed by atoms with E-state index in [-0.39, 0.29) is 0 Å². The van der Waals surface area contributed by atoms with Crippen LogP contribution in [0.2, 0.25) is 0 Å². The first kappa shape index (κ1) is 10.7. The quantitative estimate of drug-likeness (QED) is 0.812. The fraction of sp³-hybridized carbons (Fsp3) is 0.308. The van der Waals surface area contributed by atoms with Crippen LogP contribution in [0.5, 0.6) is 0 Å². The molecule has 84 valence electrons. The lowest BCUT2D eigenvalue weighted by molar-refractivity contribution is 0.0698. The topological polar surface area (TPSA) is 53.1 Å². The third-order valence-electron chi connectivity index (χ3n) is 3.12. The second-order valence-electron chi connectivity index (χ2n) is 4.10. The summed E-state index contributed by atoms with van der Waals surface area (Å²) in [6.07, 6.45) is 0.847. The van der Waals surface area contributed by atoms with Crippen LogP contribution in [0.15, 0.2) is 12.1 Å². The summed E-state index contributed by atoms with van der Waals surface area (Å²) in [4.78, 5) is 14.3. The lowest BCUT2D eigenvalue weighted by Crippen LogP contribution is -1.99. The number of aromatic nitrogens is 1. The maximum Gasteiger partial charge on any atom is 0.337 e. The summed E-state index contributed by atoms with van der Waals surface area (Å²) in [5, 5.41) is 10.2. The molecule has 3 nitrogen and oxygen atoms in total. The molecule has 0 aliphatic rings. The van der Waals surface area contributed by atoms with E-state index < -0.39 is 5.97 Å². The Kier molecular flexibility index (Phi) is 2.46. The van der Waals surface area contributed by atoms with Crippen molar-refractivity contribution in [2.75, 3.05) is 0 Å². The highest BCUT2D eigenvalue weighted by Gasteiger charge is 2.14. The minimum atomic E-state index is -0.874. The van der Waals surface area contributed by atoms with Crippen molar-refractivity contribution >= 4 is 16.9 Å². The van der Waals surface area contributed by atoms with Crippen LogP contribution in [0, 0.1) is 13.8 Å². The first-order valence-corrected chi connectivity index (χ1v) is 5.39. The molecule has 1 aromatic heterocycles. The highest BCUT2D eigenvalue weighted by atomic mass is 16.4. The first-order chi connectivity index (χ1) is 7.54. The van der Waals surface area contributed by atoms with Gasteiger partial charge in [-0.3, -0.25) is 0 Å². The molecule has 0 spiro atoms. The lowest BCUT2D eigenvalue weighted by atomic mass is 10.0. The highest BCUT2D eigenvalue weighted by Crippen LogP contribution is 2.26. The van der Waals surface area contributed by atoms with Gasteiger partial charge in [-0.25, -0.2) is 4.79 Å². The number of aryl methyl sites for hydroxylation is 3. The largest absolute Gasteiger partial charge is 0.478 e. The molecule has 2 rings (SSSR count). The Labute approximate surface area is 94.1 Å². The number of aromatic carboxylic acids is 1. The molecule has 2 N–H and O–H groups in total. The molecule has 0 bridgehead atoms. The Hall–Kier alpha value is -1.77. The molecule has 1 heterocycles. The van der Waals surface area contributed by atoms with Gasteiger partial charge in [0, 0.05) is 11.1 Å². The predicted octanol–water partition coefficient (Wildman–Crippen LogP) is 3.05. The van der Waals surface area contributed by atoms with Crippen molar-refractivity contribution in [1.82, 2.24) is 4.98 Å². The first-order valence-electron chi connectivity index (χ1n) is 5.39. The molecule has 0 saturated carbocycles. The fourth-order valence-electron chi connectivity index (χ4n) is 1.99.